The summed E-state index contributed by atoms with van der Waals surface area (Å²) in [7, 11) is 0. The van der Waals surface area contributed by atoms with Crippen LogP contribution in [0.1, 0.15) is 21.5 Å². The van der Waals surface area contributed by atoms with E-state index in [-0.39, 0.29) is 11.8 Å². The summed E-state index contributed by atoms with van der Waals surface area (Å²) in [5, 5.41) is 5.16. The molecule has 4 aromatic rings. The number of hydrogen-bond acceptors (Lipinski definition) is 2. The Morgan fingerprint density at radius 3 is 2.42 bits per heavy atom. The third kappa shape index (κ3) is 3.80. The summed E-state index contributed by atoms with van der Waals surface area (Å²) in [6.07, 6.45) is 1.18. The van der Waals surface area contributed by atoms with Gasteiger partial charge in [0, 0.05) is 23.5 Å². The number of amides is 2. The van der Waals surface area contributed by atoms with Crippen LogP contribution in [0.15, 0.2) is 91.0 Å². The van der Waals surface area contributed by atoms with E-state index in [2.05, 4.69) is 11.4 Å². The molecule has 4 heteroatoms. The molecule has 4 aromatic carbocycles. The lowest BCUT2D eigenvalue weighted by Gasteiger charge is -2.17. The minimum atomic E-state index is -0.0797. The van der Waals surface area contributed by atoms with Gasteiger partial charge in [0.2, 0.25) is 5.91 Å². The monoisotopic (exact) mass is 406 g/mol. The van der Waals surface area contributed by atoms with E-state index in [1.165, 1.54) is 5.56 Å². The van der Waals surface area contributed by atoms with Crippen molar-refractivity contribution >= 4 is 34.0 Å². The van der Waals surface area contributed by atoms with Gasteiger partial charge in [-0.15, -0.1) is 0 Å². The Morgan fingerprint density at radius 1 is 0.806 bits per heavy atom. The normalized spacial score (nSPS) is 12.6. The van der Waals surface area contributed by atoms with E-state index in [0.29, 0.717) is 24.2 Å². The van der Waals surface area contributed by atoms with Crippen LogP contribution < -0.4 is 10.2 Å². The SMILES string of the molecule is O=C(Cc1cccc2ccccc12)Nc1ccc(C(=O)N2CCc3ccccc32)cc1. The molecular formula is C27H22N2O2. The Balaban J connectivity index is 1.27. The maximum absolute atomic E-state index is 12.9. The second-order valence-corrected chi connectivity index (χ2v) is 7.78. The molecule has 1 N–H and O–H groups in total. The van der Waals surface area contributed by atoms with E-state index in [4.69, 9.17) is 0 Å². The number of nitrogens with zero attached hydrogens (tertiary/aromatic N) is 1. The van der Waals surface area contributed by atoms with E-state index >= 15 is 0 Å². The van der Waals surface area contributed by atoms with Gasteiger partial charge in [0.1, 0.15) is 0 Å². The molecule has 0 spiro atoms. The van der Waals surface area contributed by atoms with E-state index in [1.807, 2.05) is 65.6 Å². The molecule has 0 radical (unpaired) electrons. The molecule has 1 aliphatic rings. The van der Waals surface area contributed by atoms with Gasteiger partial charge in [0.05, 0.1) is 6.42 Å². The number of para-hydroxylation sites is 1. The summed E-state index contributed by atoms with van der Waals surface area (Å²) in [4.78, 5) is 27.4. The van der Waals surface area contributed by atoms with Crippen molar-refractivity contribution in [1.82, 2.24) is 0 Å². The fourth-order valence-corrected chi connectivity index (χ4v) is 4.23. The molecule has 1 aliphatic heterocycles. The van der Waals surface area contributed by atoms with Crippen molar-refractivity contribution in [3.8, 4) is 0 Å². The molecule has 5 rings (SSSR count). The third-order valence-corrected chi connectivity index (χ3v) is 5.78. The maximum Gasteiger partial charge on any atom is 0.258 e. The van der Waals surface area contributed by atoms with Gasteiger partial charge in [-0.05, 0) is 58.7 Å². The average Bonchev–Trinajstić information content (AvgIpc) is 3.23. The van der Waals surface area contributed by atoms with Crippen LogP contribution >= 0.6 is 0 Å². The molecule has 4 nitrogen and oxygen atoms in total. The average molecular weight is 406 g/mol. The first-order valence-electron chi connectivity index (χ1n) is 10.5. The number of rotatable bonds is 4. The lowest BCUT2D eigenvalue weighted by atomic mass is 10.0. The minimum Gasteiger partial charge on any atom is -0.326 e. The number of carbonyl (C=O) groups excluding carboxylic acids is 2. The van der Waals surface area contributed by atoms with Crippen LogP contribution in [-0.2, 0) is 17.6 Å². The molecule has 0 saturated carbocycles. The lowest BCUT2D eigenvalue weighted by Crippen LogP contribution is -2.28. The van der Waals surface area contributed by atoms with E-state index < -0.39 is 0 Å². The molecule has 0 aliphatic carbocycles. The van der Waals surface area contributed by atoms with Gasteiger partial charge in [-0.1, -0.05) is 60.7 Å². The van der Waals surface area contributed by atoms with E-state index in [1.54, 1.807) is 24.3 Å². The number of anilines is 2. The summed E-state index contributed by atoms with van der Waals surface area (Å²) >= 11 is 0. The molecule has 0 atom stereocenters. The molecule has 152 valence electrons. The molecule has 0 saturated heterocycles. The van der Waals surface area contributed by atoms with Crippen molar-refractivity contribution < 1.29 is 9.59 Å². The van der Waals surface area contributed by atoms with Crippen molar-refractivity contribution in [2.75, 3.05) is 16.8 Å². The molecule has 31 heavy (non-hydrogen) atoms. The quantitative estimate of drug-likeness (QED) is 0.505. The Bertz CT molecular complexity index is 1270. The number of carbonyl (C=O) groups is 2. The van der Waals surface area contributed by atoms with Gasteiger partial charge in [-0.3, -0.25) is 9.59 Å². The Kier molecular flexibility index (Phi) is 4.97. The molecule has 0 aromatic heterocycles. The first-order chi connectivity index (χ1) is 15.2. The van der Waals surface area contributed by atoms with Gasteiger partial charge in [0.15, 0.2) is 0 Å². The summed E-state index contributed by atoms with van der Waals surface area (Å²) in [5.74, 6) is -0.0949. The topological polar surface area (TPSA) is 49.4 Å². The fraction of sp³-hybridized carbons (Fsp3) is 0.111. The Morgan fingerprint density at radius 2 is 1.55 bits per heavy atom. The molecule has 2 amide bonds. The third-order valence-electron chi connectivity index (χ3n) is 5.78. The first-order valence-corrected chi connectivity index (χ1v) is 10.5. The van der Waals surface area contributed by atoms with Crippen molar-refractivity contribution in [2.45, 2.75) is 12.8 Å². The zero-order chi connectivity index (χ0) is 21.2. The van der Waals surface area contributed by atoms with E-state index in [9.17, 15) is 9.59 Å². The van der Waals surface area contributed by atoms with Crippen LogP contribution in [-0.4, -0.2) is 18.4 Å². The van der Waals surface area contributed by atoms with Crippen molar-refractivity contribution in [1.29, 1.82) is 0 Å². The van der Waals surface area contributed by atoms with Crippen LogP contribution in [0.3, 0.4) is 0 Å². The van der Waals surface area contributed by atoms with Crippen LogP contribution in [0.2, 0.25) is 0 Å². The van der Waals surface area contributed by atoms with Gasteiger partial charge < -0.3 is 10.2 Å². The molecule has 0 fully saturated rings. The predicted octanol–water partition coefficient (Wildman–Crippen LogP) is 5.22. The summed E-state index contributed by atoms with van der Waals surface area (Å²) < 4.78 is 0. The van der Waals surface area contributed by atoms with E-state index in [0.717, 1.165) is 28.4 Å². The highest BCUT2D eigenvalue weighted by Gasteiger charge is 2.25. The highest BCUT2D eigenvalue weighted by atomic mass is 16.2. The lowest BCUT2D eigenvalue weighted by molar-refractivity contribution is -0.115. The Hall–Kier alpha value is -3.92. The number of benzene rings is 4. The van der Waals surface area contributed by atoms with Crippen molar-refractivity contribution in [2.24, 2.45) is 0 Å². The van der Waals surface area contributed by atoms with Crippen LogP contribution in [0.25, 0.3) is 10.8 Å². The molecule has 0 bridgehead atoms. The number of fused-ring (bicyclic) bond motifs is 2. The van der Waals surface area contributed by atoms with Gasteiger partial charge in [0.25, 0.3) is 5.91 Å². The summed E-state index contributed by atoms with van der Waals surface area (Å²) in [5.41, 5.74) is 4.48. The van der Waals surface area contributed by atoms with Crippen molar-refractivity contribution in [3.63, 3.8) is 0 Å². The second-order valence-electron chi connectivity index (χ2n) is 7.78. The second kappa shape index (κ2) is 8.07. The largest absolute Gasteiger partial charge is 0.326 e. The van der Waals surface area contributed by atoms with Crippen LogP contribution in [0.4, 0.5) is 11.4 Å². The highest BCUT2D eigenvalue weighted by molar-refractivity contribution is 6.07. The predicted molar refractivity (Wildman–Crippen MR) is 125 cm³/mol. The number of hydrogen-bond donors (Lipinski definition) is 1. The minimum absolute atomic E-state index is 0.0152. The van der Waals surface area contributed by atoms with Crippen LogP contribution in [0.5, 0.6) is 0 Å². The standard InChI is InChI=1S/C27H22N2O2/c30-26(18-22-9-5-8-19-6-1-3-10-24(19)22)28-23-14-12-21(13-15-23)27(31)29-17-16-20-7-2-4-11-25(20)29/h1-15H,16-18H2,(H,28,30). The molecule has 1 heterocycles. The molecule has 0 unspecified atom stereocenters. The smallest absolute Gasteiger partial charge is 0.258 e. The molecular weight excluding hydrogens is 384 g/mol. The maximum atomic E-state index is 12.9. The van der Waals surface area contributed by atoms with Gasteiger partial charge >= 0.3 is 0 Å². The fourth-order valence-electron chi connectivity index (χ4n) is 4.23. The first kappa shape index (κ1) is 19.1. The van der Waals surface area contributed by atoms with Crippen LogP contribution in [0, 0.1) is 0 Å². The summed E-state index contributed by atoms with van der Waals surface area (Å²) in [6.45, 7) is 0.696. The zero-order valence-electron chi connectivity index (χ0n) is 17.0. The Labute approximate surface area is 181 Å². The highest BCUT2D eigenvalue weighted by Crippen LogP contribution is 2.29. The summed E-state index contributed by atoms with van der Waals surface area (Å²) in [6, 6.07) is 29.2. The van der Waals surface area contributed by atoms with Gasteiger partial charge in [-0.25, -0.2) is 0 Å². The van der Waals surface area contributed by atoms with Gasteiger partial charge in [-0.2, -0.15) is 0 Å². The zero-order valence-corrected chi connectivity index (χ0v) is 17.0. The van der Waals surface area contributed by atoms with Crippen molar-refractivity contribution in [3.05, 3.63) is 108 Å². The number of nitrogens with one attached hydrogen (secondary N) is 1.